The number of rotatable bonds is 7. The van der Waals surface area contributed by atoms with Crippen LogP contribution in [-0.2, 0) is 11.3 Å². The normalized spacial score (nSPS) is 11.8. The number of hydrogen-bond acceptors (Lipinski definition) is 4. The predicted octanol–water partition coefficient (Wildman–Crippen LogP) is 6.06. The van der Waals surface area contributed by atoms with E-state index >= 15 is 0 Å². The number of nitrogens with one attached hydrogen (secondary N) is 1. The number of anilines is 1. The number of aromatic nitrogens is 3. The molecule has 1 unspecified atom stereocenters. The van der Waals surface area contributed by atoms with Gasteiger partial charge in [0, 0.05) is 23.4 Å². The van der Waals surface area contributed by atoms with Crippen LogP contribution in [0.2, 0.25) is 0 Å². The highest BCUT2D eigenvalue weighted by Crippen LogP contribution is 2.30. The summed E-state index contributed by atoms with van der Waals surface area (Å²) in [5.74, 6) is 0.752. The van der Waals surface area contributed by atoms with Crippen LogP contribution in [0, 0.1) is 6.92 Å². The minimum atomic E-state index is -0.335. The SMILES string of the molecule is CCn1c(SC(C)C(=O)Nc2ccccc2-c2ccccc2)nnc1-c1cccc(C)c1. The van der Waals surface area contributed by atoms with Gasteiger partial charge in [-0.05, 0) is 38.5 Å². The van der Waals surface area contributed by atoms with E-state index < -0.39 is 0 Å². The third kappa shape index (κ3) is 4.75. The van der Waals surface area contributed by atoms with Crippen molar-refractivity contribution in [3.8, 4) is 22.5 Å². The van der Waals surface area contributed by atoms with Crippen LogP contribution < -0.4 is 5.32 Å². The topological polar surface area (TPSA) is 59.8 Å². The molecule has 1 amide bonds. The zero-order chi connectivity index (χ0) is 22.5. The first-order valence-corrected chi connectivity index (χ1v) is 11.6. The van der Waals surface area contributed by atoms with Gasteiger partial charge in [-0.15, -0.1) is 10.2 Å². The monoisotopic (exact) mass is 442 g/mol. The number of aryl methyl sites for hydroxylation is 1. The lowest BCUT2D eigenvalue weighted by atomic mass is 10.0. The number of benzene rings is 3. The van der Waals surface area contributed by atoms with Gasteiger partial charge in [-0.2, -0.15) is 0 Å². The summed E-state index contributed by atoms with van der Waals surface area (Å²) in [4.78, 5) is 13.0. The first-order chi connectivity index (χ1) is 15.6. The Balaban J connectivity index is 1.52. The van der Waals surface area contributed by atoms with E-state index in [4.69, 9.17) is 0 Å². The van der Waals surface area contributed by atoms with Gasteiger partial charge in [0.05, 0.1) is 5.25 Å². The molecule has 0 saturated carbocycles. The molecule has 0 radical (unpaired) electrons. The van der Waals surface area contributed by atoms with Crippen molar-refractivity contribution in [3.63, 3.8) is 0 Å². The lowest BCUT2D eigenvalue weighted by Gasteiger charge is -2.15. The Hall–Kier alpha value is -3.38. The van der Waals surface area contributed by atoms with Gasteiger partial charge in [0.2, 0.25) is 5.91 Å². The number of amides is 1. The fraction of sp³-hybridized carbons (Fsp3) is 0.192. The van der Waals surface area contributed by atoms with Gasteiger partial charge in [-0.1, -0.05) is 84.1 Å². The number of nitrogens with zero attached hydrogens (tertiary/aromatic N) is 3. The Morgan fingerprint density at radius 2 is 1.69 bits per heavy atom. The van der Waals surface area contributed by atoms with Gasteiger partial charge < -0.3 is 9.88 Å². The van der Waals surface area contributed by atoms with Crippen LogP contribution in [0.15, 0.2) is 84.0 Å². The summed E-state index contributed by atoms with van der Waals surface area (Å²) in [5, 5.41) is 12.3. The molecule has 0 aliphatic heterocycles. The van der Waals surface area contributed by atoms with E-state index in [1.165, 1.54) is 17.3 Å². The van der Waals surface area contributed by atoms with Crippen molar-refractivity contribution in [2.75, 3.05) is 5.32 Å². The van der Waals surface area contributed by atoms with Gasteiger partial charge in [0.25, 0.3) is 0 Å². The molecule has 32 heavy (non-hydrogen) atoms. The molecule has 1 N–H and O–H groups in total. The maximum atomic E-state index is 13.0. The molecule has 5 nitrogen and oxygen atoms in total. The zero-order valence-electron chi connectivity index (χ0n) is 18.4. The Bertz CT molecular complexity index is 1220. The van der Waals surface area contributed by atoms with E-state index in [9.17, 15) is 4.79 Å². The van der Waals surface area contributed by atoms with Crippen molar-refractivity contribution in [1.29, 1.82) is 0 Å². The van der Waals surface area contributed by atoms with E-state index in [-0.39, 0.29) is 11.2 Å². The maximum Gasteiger partial charge on any atom is 0.237 e. The van der Waals surface area contributed by atoms with Crippen molar-refractivity contribution < 1.29 is 4.79 Å². The summed E-state index contributed by atoms with van der Waals surface area (Å²) in [6.45, 7) is 6.75. The largest absolute Gasteiger partial charge is 0.325 e. The van der Waals surface area contributed by atoms with Crippen molar-refractivity contribution in [3.05, 3.63) is 84.4 Å². The lowest BCUT2D eigenvalue weighted by molar-refractivity contribution is -0.115. The van der Waals surface area contributed by atoms with Crippen molar-refractivity contribution in [1.82, 2.24) is 14.8 Å². The predicted molar refractivity (Wildman–Crippen MR) is 132 cm³/mol. The second kappa shape index (κ2) is 9.83. The molecule has 1 aromatic heterocycles. The van der Waals surface area contributed by atoms with E-state index in [0.717, 1.165) is 39.9 Å². The highest BCUT2D eigenvalue weighted by Gasteiger charge is 2.21. The van der Waals surface area contributed by atoms with E-state index in [1.54, 1.807) is 0 Å². The zero-order valence-corrected chi connectivity index (χ0v) is 19.3. The Kier molecular flexibility index (Phi) is 6.71. The standard InChI is InChI=1S/C26H26N4OS/c1-4-30-24(21-14-10-11-18(2)17-21)28-29-26(30)32-19(3)25(31)27-23-16-9-8-15-22(23)20-12-6-5-7-13-20/h5-17,19H,4H2,1-3H3,(H,27,31). The lowest BCUT2D eigenvalue weighted by Crippen LogP contribution is -2.23. The molecule has 0 fully saturated rings. The fourth-order valence-electron chi connectivity index (χ4n) is 3.57. The molecule has 0 aliphatic carbocycles. The molecular weight excluding hydrogens is 416 g/mol. The number of hydrogen-bond donors (Lipinski definition) is 1. The molecule has 162 valence electrons. The van der Waals surface area contributed by atoms with Gasteiger partial charge in [-0.3, -0.25) is 4.79 Å². The molecule has 3 aromatic carbocycles. The average Bonchev–Trinajstić information content (AvgIpc) is 3.22. The van der Waals surface area contributed by atoms with Crippen LogP contribution >= 0.6 is 11.8 Å². The third-order valence-electron chi connectivity index (χ3n) is 5.23. The number of para-hydroxylation sites is 1. The summed E-state index contributed by atoms with van der Waals surface area (Å²) in [6.07, 6.45) is 0. The highest BCUT2D eigenvalue weighted by molar-refractivity contribution is 8.00. The minimum Gasteiger partial charge on any atom is -0.325 e. The van der Waals surface area contributed by atoms with E-state index in [2.05, 4.69) is 46.1 Å². The van der Waals surface area contributed by atoms with Gasteiger partial charge >= 0.3 is 0 Å². The van der Waals surface area contributed by atoms with Gasteiger partial charge in [-0.25, -0.2) is 0 Å². The molecule has 0 saturated heterocycles. The number of carbonyl (C=O) groups is 1. The summed E-state index contributed by atoms with van der Waals surface area (Å²) >= 11 is 1.42. The molecule has 0 bridgehead atoms. The quantitative estimate of drug-likeness (QED) is 0.354. The first-order valence-electron chi connectivity index (χ1n) is 10.7. The Labute approximate surface area is 192 Å². The van der Waals surface area contributed by atoms with Crippen LogP contribution in [0.4, 0.5) is 5.69 Å². The molecule has 1 heterocycles. The molecule has 4 aromatic rings. The molecule has 1 atom stereocenters. The van der Waals surface area contributed by atoms with Crippen molar-refractivity contribution >= 4 is 23.4 Å². The molecular formula is C26H26N4OS. The average molecular weight is 443 g/mol. The van der Waals surface area contributed by atoms with Crippen LogP contribution in [-0.4, -0.2) is 25.9 Å². The second-order valence-electron chi connectivity index (χ2n) is 7.58. The Morgan fingerprint density at radius 1 is 0.969 bits per heavy atom. The smallest absolute Gasteiger partial charge is 0.237 e. The second-order valence-corrected chi connectivity index (χ2v) is 8.89. The van der Waals surface area contributed by atoms with Crippen molar-refractivity contribution in [2.24, 2.45) is 0 Å². The van der Waals surface area contributed by atoms with E-state index in [1.807, 2.05) is 73.7 Å². The third-order valence-corrected chi connectivity index (χ3v) is 6.31. The summed E-state index contributed by atoms with van der Waals surface area (Å²) < 4.78 is 2.06. The summed E-state index contributed by atoms with van der Waals surface area (Å²) in [7, 11) is 0. The van der Waals surface area contributed by atoms with Crippen LogP contribution in [0.1, 0.15) is 19.4 Å². The van der Waals surface area contributed by atoms with Crippen LogP contribution in [0.5, 0.6) is 0 Å². The molecule has 0 spiro atoms. The summed E-state index contributed by atoms with van der Waals surface area (Å²) in [5.41, 5.74) is 5.06. The fourth-order valence-corrected chi connectivity index (χ4v) is 4.48. The Morgan fingerprint density at radius 3 is 2.44 bits per heavy atom. The molecule has 0 aliphatic rings. The van der Waals surface area contributed by atoms with Gasteiger partial charge in [0.15, 0.2) is 11.0 Å². The maximum absolute atomic E-state index is 13.0. The number of carbonyl (C=O) groups excluding carboxylic acids is 1. The highest BCUT2D eigenvalue weighted by atomic mass is 32.2. The van der Waals surface area contributed by atoms with Crippen LogP contribution in [0.3, 0.4) is 0 Å². The molecule has 6 heteroatoms. The molecule has 4 rings (SSSR count). The van der Waals surface area contributed by atoms with Gasteiger partial charge in [0.1, 0.15) is 0 Å². The first kappa shape index (κ1) is 21.8. The van der Waals surface area contributed by atoms with Crippen molar-refractivity contribution in [2.45, 2.75) is 37.7 Å². The van der Waals surface area contributed by atoms with E-state index in [0.29, 0.717) is 0 Å². The minimum absolute atomic E-state index is 0.0684. The summed E-state index contributed by atoms with van der Waals surface area (Å²) in [6, 6.07) is 26.1. The number of thioether (sulfide) groups is 1. The van der Waals surface area contributed by atoms with Crippen LogP contribution in [0.25, 0.3) is 22.5 Å².